The maximum atomic E-state index is 14.3. The Morgan fingerprint density at radius 3 is 2.83 bits per heavy atom. The number of benzene rings is 1. The van der Waals surface area contributed by atoms with E-state index in [1.54, 1.807) is 12.3 Å². The first-order valence-electron chi connectivity index (χ1n) is 7.85. The van der Waals surface area contributed by atoms with E-state index in [-0.39, 0.29) is 11.9 Å². The molecule has 0 unspecified atom stereocenters. The highest BCUT2D eigenvalue weighted by Gasteiger charge is 2.19. The molecule has 8 heteroatoms. The van der Waals surface area contributed by atoms with E-state index >= 15 is 0 Å². The minimum atomic E-state index is -0.324. The molecular formula is C16H19ClFN3OS2. The van der Waals surface area contributed by atoms with Crippen LogP contribution in [-0.2, 0) is 0 Å². The normalized spacial score (nSPS) is 20.8. The Hall–Kier alpha value is -1.02. The smallest absolute Gasteiger partial charge is 0.192 e. The van der Waals surface area contributed by atoms with Gasteiger partial charge in [-0.05, 0) is 55.7 Å². The van der Waals surface area contributed by atoms with E-state index in [9.17, 15) is 9.50 Å². The average molecular weight is 388 g/mol. The number of anilines is 2. The van der Waals surface area contributed by atoms with Crippen molar-refractivity contribution in [3.8, 4) is 0 Å². The van der Waals surface area contributed by atoms with Gasteiger partial charge in [0.15, 0.2) is 5.13 Å². The van der Waals surface area contributed by atoms with Crippen LogP contribution < -0.4 is 10.0 Å². The van der Waals surface area contributed by atoms with Gasteiger partial charge in [-0.25, -0.2) is 9.37 Å². The van der Waals surface area contributed by atoms with Crippen LogP contribution in [0.15, 0.2) is 28.6 Å². The molecule has 0 radical (unpaired) electrons. The lowest BCUT2D eigenvalue weighted by Crippen LogP contribution is -2.23. The minimum absolute atomic E-state index is 0.163. The van der Waals surface area contributed by atoms with Crippen LogP contribution in [0.5, 0.6) is 0 Å². The summed E-state index contributed by atoms with van der Waals surface area (Å²) in [4.78, 5) is 4.52. The molecule has 0 saturated heterocycles. The predicted octanol–water partition coefficient (Wildman–Crippen LogP) is 5.02. The lowest BCUT2D eigenvalue weighted by atomic mass is 9.87. The van der Waals surface area contributed by atoms with E-state index in [0.717, 1.165) is 49.3 Å². The highest BCUT2D eigenvalue weighted by atomic mass is 35.5. The van der Waals surface area contributed by atoms with Crippen molar-refractivity contribution in [2.45, 2.75) is 36.7 Å². The van der Waals surface area contributed by atoms with Gasteiger partial charge in [0.2, 0.25) is 0 Å². The van der Waals surface area contributed by atoms with Gasteiger partial charge in [0.25, 0.3) is 0 Å². The Morgan fingerprint density at radius 1 is 1.33 bits per heavy atom. The number of aromatic nitrogens is 1. The van der Waals surface area contributed by atoms with Crippen molar-refractivity contribution in [2.75, 3.05) is 16.6 Å². The van der Waals surface area contributed by atoms with Crippen molar-refractivity contribution in [1.29, 1.82) is 0 Å². The summed E-state index contributed by atoms with van der Waals surface area (Å²) in [7, 11) is 0. The van der Waals surface area contributed by atoms with Crippen molar-refractivity contribution >= 4 is 45.7 Å². The number of thiazole rings is 1. The second kappa shape index (κ2) is 8.38. The van der Waals surface area contributed by atoms with Crippen molar-refractivity contribution in [2.24, 2.45) is 5.92 Å². The van der Waals surface area contributed by atoms with Gasteiger partial charge in [0.05, 0.1) is 21.7 Å². The highest BCUT2D eigenvalue weighted by Crippen LogP contribution is 2.33. The van der Waals surface area contributed by atoms with Gasteiger partial charge < -0.3 is 15.1 Å². The molecule has 0 bridgehead atoms. The zero-order valence-electron chi connectivity index (χ0n) is 13.0. The molecule has 3 N–H and O–H groups in total. The number of halogens is 2. The molecule has 1 aromatic carbocycles. The summed E-state index contributed by atoms with van der Waals surface area (Å²) >= 11 is 8.89. The Labute approximate surface area is 154 Å². The van der Waals surface area contributed by atoms with Crippen LogP contribution in [-0.4, -0.2) is 22.7 Å². The first kappa shape index (κ1) is 17.8. The van der Waals surface area contributed by atoms with Gasteiger partial charge in [-0.1, -0.05) is 11.6 Å². The summed E-state index contributed by atoms with van der Waals surface area (Å²) < 4.78 is 17.3. The number of nitrogens with zero attached hydrogens (tertiary/aromatic N) is 1. The largest absolute Gasteiger partial charge is 0.393 e. The van der Waals surface area contributed by atoms with Gasteiger partial charge in [0, 0.05) is 18.1 Å². The fourth-order valence-electron chi connectivity index (χ4n) is 2.72. The van der Waals surface area contributed by atoms with Gasteiger partial charge in [-0.3, -0.25) is 0 Å². The minimum Gasteiger partial charge on any atom is -0.393 e. The van der Waals surface area contributed by atoms with Crippen LogP contribution in [0.2, 0.25) is 5.02 Å². The third kappa shape index (κ3) is 4.75. The van der Waals surface area contributed by atoms with Crippen LogP contribution in [0.3, 0.4) is 0 Å². The summed E-state index contributed by atoms with van der Waals surface area (Å²) in [6, 6.07) is 3.06. The number of nitrogens with one attached hydrogen (secondary N) is 2. The van der Waals surface area contributed by atoms with Crippen LogP contribution in [0, 0.1) is 11.7 Å². The number of aliphatic hydroxyl groups is 1. The number of aliphatic hydroxyl groups excluding tert-OH is 1. The van der Waals surface area contributed by atoms with Gasteiger partial charge in [-0.2, -0.15) is 0 Å². The number of hydrogen-bond acceptors (Lipinski definition) is 6. The third-order valence-electron chi connectivity index (χ3n) is 4.10. The second-order valence-electron chi connectivity index (χ2n) is 5.86. The molecule has 1 aliphatic carbocycles. The summed E-state index contributed by atoms with van der Waals surface area (Å²) in [6.45, 7) is 0.746. The molecule has 1 saturated carbocycles. The quantitative estimate of drug-likeness (QED) is 0.608. The van der Waals surface area contributed by atoms with Crippen molar-refractivity contribution in [3.63, 3.8) is 0 Å². The predicted molar refractivity (Wildman–Crippen MR) is 99.5 cm³/mol. The van der Waals surface area contributed by atoms with E-state index in [1.165, 1.54) is 17.4 Å². The molecule has 0 spiro atoms. The Bertz CT molecular complexity index is 664. The molecule has 1 aliphatic rings. The number of rotatable bonds is 6. The topological polar surface area (TPSA) is 57.2 Å². The Morgan fingerprint density at radius 2 is 2.12 bits per heavy atom. The molecule has 2 aromatic rings. The fraction of sp³-hybridized carbons (Fsp3) is 0.438. The maximum absolute atomic E-state index is 14.3. The third-order valence-corrected chi connectivity index (χ3v) is 6.06. The van der Waals surface area contributed by atoms with E-state index in [0.29, 0.717) is 21.5 Å². The van der Waals surface area contributed by atoms with E-state index in [4.69, 9.17) is 11.6 Å². The molecule has 4 nitrogen and oxygen atoms in total. The average Bonchev–Trinajstić information content (AvgIpc) is 3.09. The molecule has 130 valence electrons. The second-order valence-corrected chi connectivity index (χ2v) is 8.01. The fourth-order valence-corrected chi connectivity index (χ4v) is 4.29. The van der Waals surface area contributed by atoms with E-state index in [2.05, 4.69) is 15.0 Å². The summed E-state index contributed by atoms with van der Waals surface area (Å²) in [5.74, 6) is 0.170. The lowest BCUT2D eigenvalue weighted by Gasteiger charge is -2.26. The molecule has 1 fully saturated rings. The lowest BCUT2D eigenvalue weighted by molar-refractivity contribution is 0.111. The monoisotopic (exact) mass is 387 g/mol. The first-order valence-corrected chi connectivity index (χ1v) is 9.92. The molecule has 24 heavy (non-hydrogen) atoms. The molecule has 1 aromatic heterocycles. The zero-order chi connectivity index (χ0) is 16.9. The van der Waals surface area contributed by atoms with Gasteiger partial charge in [-0.15, -0.1) is 11.3 Å². The SMILES string of the molecule is OC1CCC(CNc2cc(F)c(SNc3nccs3)cc2Cl)CC1. The summed E-state index contributed by atoms with van der Waals surface area (Å²) in [5, 5.41) is 15.8. The zero-order valence-corrected chi connectivity index (χ0v) is 15.4. The molecule has 0 aliphatic heterocycles. The molecule has 0 atom stereocenters. The van der Waals surface area contributed by atoms with E-state index < -0.39 is 0 Å². The molecule has 1 heterocycles. The highest BCUT2D eigenvalue weighted by molar-refractivity contribution is 8.00. The van der Waals surface area contributed by atoms with Crippen molar-refractivity contribution in [1.82, 2.24) is 4.98 Å². The van der Waals surface area contributed by atoms with Gasteiger partial charge in [0.1, 0.15) is 5.82 Å². The van der Waals surface area contributed by atoms with E-state index in [1.807, 2.05) is 5.38 Å². The van der Waals surface area contributed by atoms with Crippen LogP contribution in [0.4, 0.5) is 15.2 Å². The molecule has 3 rings (SSSR count). The maximum Gasteiger partial charge on any atom is 0.192 e. The van der Waals surface area contributed by atoms with Gasteiger partial charge >= 0.3 is 0 Å². The Kier molecular flexibility index (Phi) is 6.21. The van der Waals surface area contributed by atoms with Crippen LogP contribution >= 0.6 is 34.9 Å². The standard InChI is InChI=1S/C16H19ClFN3OS2/c17-12-7-15(24-21-16-19-5-6-23-16)13(18)8-14(12)20-9-10-1-3-11(22)4-2-10/h5-8,10-11,20,22H,1-4,9H2,(H,19,21). The number of hydrogen-bond donors (Lipinski definition) is 3. The van der Waals surface area contributed by atoms with Crippen LogP contribution in [0.25, 0.3) is 0 Å². The Balaban J connectivity index is 1.57. The summed E-state index contributed by atoms with van der Waals surface area (Å²) in [5.41, 5.74) is 0.610. The molecule has 0 amide bonds. The van der Waals surface area contributed by atoms with Crippen molar-refractivity contribution in [3.05, 3.63) is 34.5 Å². The first-order chi connectivity index (χ1) is 11.6. The van der Waals surface area contributed by atoms with Crippen molar-refractivity contribution < 1.29 is 9.50 Å². The summed E-state index contributed by atoms with van der Waals surface area (Å²) in [6.07, 6.45) is 5.18. The molecular weight excluding hydrogens is 369 g/mol. The van der Waals surface area contributed by atoms with Crippen LogP contribution in [0.1, 0.15) is 25.7 Å².